The van der Waals surface area contributed by atoms with Gasteiger partial charge in [0, 0.05) is 8.77 Å². The highest BCUT2D eigenvalue weighted by Crippen LogP contribution is 2.22. The fraction of sp³-hybridized carbons (Fsp3) is 0.900. The highest BCUT2D eigenvalue weighted by Gasteiger charge is 2.38. The summed E-state index contributed by atoms with van der Waals surface area (Å²) < 4.78 is 0. The molecule has 0 atom stereocenters. The molecule has 0 aliphatic carbocycles. The minimum Gasteiger partial charge on any atom is -0.317 e. The summed E-state index contributed by atoms with van der Waals surface area (Å²) >= 11 is 0. The molecule has 1 saturated heterocycles. The number of likely N-dealkylation sites (N-methyl/N-ethyl adjacent to an activating group) is 1. The Bertz CT molecular complexity index is 192. The Morgan fingerprint density at radius 3 is 2.38 bits per heavy atom. The van der Waals surface area contributed by atoms with Gasteiger partial charge in [0.2, 0.25) is 0 Å². The van der Waals surface area contributed by atoms with Crippen LogP contribution in [0.1, 0.15) is 29.5 Å². The number of nitrogens with one attached hydrogen (secondary N) is 2. The molecule has 3 nitrogen and oxygen atoms in total. The minimum absolute atomic E-state index is 0. The Kier molecular flexibility index (Phi) is 3.45. The smallest absolute Gasteiger partial charge is 0.155 e. The lowest BCUT2D eigenvalue weighted by Gasteiger charge is -2.37. The molecule has 0 unspecified atom stereocenters. The number of Topliss-reactive ketones (excluding diaryl/α,β-unsaturated/α-hetero) is 1. The molecule has 80 valence electrons. The zero-order valence-corrected chi connectivity index (χ0v) is 8.81. The van der Waals surface area contributed by atoms with Crippen LogP contribution in [0, 0.1) is 5.92 Å². The van der Waals surface area contributed by atoms with Crippen LogP contribution >= 0.6 is 0 Å². The van der Waals surface area contributed by atoms with E-state index < -0.39 is 0 Å². The average molecular weight is 188 g/mol. The minimum atomic E-state index is -0.251. The van der Waals surface area contributed by atoms with Crippen molar-refractivity contribution in [1.29, 1.82) is 0 Å². The lowest BCUT2D eigenvalue weighted by Crippen LogP contribution is -2.57. The molecule has 13 heavy (non-hydrogen) atoms. The van der Waals surface area contributed by atoms with E-state index in [1.807, 2.05) is 20.9 Å². The second-order valence-corrected chi connectivity index (χ2v) is 4.10. The van der Waals surface area contributed by atoms with E-state index in [1.54, 1.807) is 0 Å². The lowest BCUT2D eigenvalue weighted by atomic mass is 9.80. The molecule has 0 bridgehead atoms. The summed E-state index contributed by atoms with van der Waals surface area (Å²) in [7, 11) is 1.89. The van der Waals surface area contributed by atoms with Crippen molar-refractivity contribution in [3.05, 3.63) is 0 Å². The number of carbonyl (C=O) groups excluding carboxylic acids is 1. The van der Waals surface area contributed by atoms with Crippen LogP contribution in [0.3, 0.4) is 0 Å². The van der Waals surface area contributed by atoms with Crippen LogP contribution in [0.2, 0.25) is 0 Å². The Hall–Kier alpha value is -0.410. The van der Waals surface area contributed by atoms with E-state index in [0.29, 0.717) is 5.78 Å². The summed E-state index contributed by atoms with van der Waals surface area (Å²) in [6.07, 6.45) is 1.83. The molecule has 0 saturated carbocycles. The zero-order valence-electron chi connectivity index (χ0n) is 8.81. The summed E-state index contributed by atoms with van der Waals surface area (Å²) in [5, 5.41) is 6.48. The first-order chi connectivity index (χ1) is 6.12. The van der Waals surface area contributed by atoms with Gasteiger partial charge in [-0.05, 0) is 33.0 Å². The van der Waals surface area contributed by atoms with E-state index in [4.69, 9.17) is 0 Å². The highest BCUT2D eigenvalue weighted by molar-refractivity contribution is 5.90. The van der Waals surface area contributed by atoms with Crippen LogP contribution in [0.4, 0.5) is 0 Å². The summed E-state index contributed by atoms with van der Waals surface area (Å²) in [6.45, 7) is 5.84. The third-order valence-corrected chi connectivity index (χ3v) is 2.93. The molecule has 0 aromatic heterocycles. The summed E-state index contributed by atoms with van der Waals surface area (Å²) in [5.74, 6) is 0.488. The van der Waals surface area contributed by atoms with E-state index in [2.05, 4.69) is 10.6 Å². The Labute approximate surface area is 83.2 Å². The van der Waals surface area contributed by atoms with Gasteiger partial charge < -0.3 is 10.6 Å². The lowest BCUT2D eigenvalue weighted by molar-refractivity contribution is -0.129. The SMILES string of the molecule is CNC1(C(=O)C(C)C)CCNCC1.[HH].[HH]. The number of rotatable bonds is 3. The second kappa shape index (κ2) is 4.20. The van der Waals surface area contributed by atoms with Gasteiger partial charge in [0.15, 0.2) is 5.78 Å². The van der Waals surface area contributed by atoms with Gasteiger partial charge in [-0.15, -0.1) is 0 Å². The molecule has 2 N–H and O–H groups in total. The number of ketones is 1. The fourth-order valence-electron chi connectivity index (χ4n) is 2.03. The van der Waals surface area contributed by atoms with Crippen LogP contribution in [-0.2, 0) is 4.79 Å². The topological polar surface area (TPSA) is 41.1 Å². The van der Waals surface area contributed by atoms with Crippen molar-refractivity contribution in [3.63, 3.8) is 0 Å². The van der Waals surface area contributed by atoms with Gasteiger partial charge in [-0.25, -0.2) is 0 Å². The first-order valence-electron chi connectivity index (χ1n) is 5.06. The fourth-order valence-corrected chi connectivity index (χ4v) is 2.03. The predicted octanol–water partition coefficient (Wildman–Crippen LogP) is 1.05. The third kappa shape index (κ3) is 2.09. The largest absolute Gasteiger partial charge is 0.317 e. The number of carbonyl (C=O) groups is 1. The summed E-state index contributed by atoms with van der Waals surface area (Å²) in [6, 6.07) is 0. The molecule has 1 fully saturated rings. The molecule has 0 aromatic carbocycles. The van der Waals surface area contributed by atoms with Crippen LogP contribution in [0.15, 0.2) is 0 Å². The maximum atomic E-state index is 12.0. The van der Waals surface area contributed by atoms with Gasteiger partial charge in [0.1, 0.15) is 0 Å². The maximum Gasteiger partial charge on any atom is 0.155 e. The molecule has 0 aromatic rings. The molecular formula is C10H24N2O. The quantitative estimate of drug-likeness (QED) is 0.695. The predicted molar refractivity (Wildman–Crippen MR) is 58.0 cm³/mol. The molecule has 1 aliphatic heterocycles. The van der Waals surface area contributed by atoms with Crippen LogP contribution < -0.4 is 10.6 Å². The maximum absolute atomic E-state index is 12.0. The van der Waals surface area contributed by atoms with Gasteiger partial charge in [-0.3, -0.25) is 4.79 Å². The van der Waals surface area contributed by atoms with Crippen LogP contribution in [0.5, 0.6) is 0 Å². The Balaban J connectivity index is 0. The number of piperidine rings is 1. The third-order valence-electron chi connectivity index (χ3n) is 2.93. The number of hydrogen-bond acceptors (Lipinski definition) is 3. The highest BCUT2D eigenvalue weighted by atomic mass is 16.1. The van der Waals surface area contributed by atoms with Crippen molar-refractivity contribution >= 4 is 5.78 Å². The molecule has 1 rings (SSSR count). The van der Waals surface area contributed by atoms with Gasteiger partial charge in [0.25, 0.3) is 0 Å². The van der Waals surface area contributed by atoms with Crippen molar-refractivity contribution in [2.45, 2.75) is 32.2 Å². The molecule has 3 heteroatoms. The second-order valence-electron chi connectivity index (χ2n) is 4.10. The summed E-state index contributed by atoms with van der Waals surface area (Å²) in [4.78, 5) is 12.0. The zero-order chi connectivity index (χ0) is 9.90. The molecule has 0 amide bonds. The Morgan fingerprint density at radius 2 is 2.00 bits per heavy atom. The van der Waals surface area contributed by atoms with E-state index in [-0.39, 0.29) is 14.3 Å². The van der Waals surface area contributed by atoms with Gasteiger partial charge in [0.05, 0.1) is 5.54 Å². The van der Waals surface area contributed by atoms with Crippen molar-refractivity contribution in [1.82, 2.24) is 10.6 Å². The normalized spacial score (nSPS) is 21.8. The Morgan fingerprint density at radius 1 is 1.46 bits per heavy atom. The molecule has 0 spiro atoms. The van der Waals surface area contributed by atoms with E-state index in [1.165, 1.54) is 0 Å². The molecular weight excluding hydrogens is 164 g/mol. The van der Waals surface area contributed by atoms with Gasteiger partial charge >= 0.3 is 0 Å². The molecule has 0 radical (unpaired) electrons. The summed E-state index contributed by atoms with van der Waals surface area (Å²) in [5.41, 5.74) is -0.251. The van der Waals surface area contributed by atoms with E-state index in [9.17, 15) is 4.79 Å². The van der Waals surface area contributed by atoms with E-state index >= 15 is 0 Å². The van der Waals surface area contributed by atoms with Crippen molar-refractivity contribution in [2.75, 3.05) is 20.1 Å². The molecule has 1 heterocycles. The first-order valence-corrected chi connectivity index (χ1v) is 5.06. The van der Waals surface area contributed by atoms with Crippen LogP contribution in [0.25, 0.3) is 0 Å². The first kappa shape index (κ1) is 10.7. The van der Waals surface area contributed by atoms with Crippen molar-refractivity contribution in [2.24, 2.45) is 5.92 Å². The number of hydrogen-bond donors (Lipinski definition) is 2. The molecule has 1 aliphatic rings. The average Bonchev–Trinajstić information content (AvgIpc) is 2.17. The van der Waals surface area contributed by atoms with E-state index in [0.717, 1.165) is 25.9 Å². The van der Waals surface area contributed by atoms with Crippen molar-refractivity contribution in [3.8, 4) is 0 Å². The van der Waals surface area contributed by atoms with Crippen LogP contribution in [-0.4, -0.2) is 31.5 Å². The monoisotopic (exact) mass is 188 g/mol. The van der Waals surface area contributed by atoms with Crippen molar-refractivity contribution < 1.29 is 7.65 Å². The van der Waals surface area contributed by atoms with Gasteiger partial charge in [-0.1, -0.05) is 13.8 Å². The standard InChI is InChI=1S/C10H20N2O.2H2/c1-8(2)9(13)10(11-3)4-6-12-7-5-10;;/h8,11-12H,4-7H2,1-3H3;2*1H. The van der Waals surface area contributed by atoms with Gasteiger partial charge in [-0.2, -0.15) is 0 Å².